The largest absolute Gasteiger partial charge is 0.360 e. The van der Waals surface area contributed by atoms with E-state index in [1.165, 1.54) is 4.68 Å². The lowest BCUT2D eigenvalue weighted by molar-refractivity contribution is -0.115. The Labute approximate surface area is 167 Å². The molecule has 0 radical (unpaired) electrons. The minimum absolute atomic E-state index is 0.0149. The molecule has 2 heterocycles. The zero-order valence-electron chi connectivity index (χ0n) is 16.1. The van der Waals surface area contributed by atoms with E-state index in [9.17, 15) is 9.59 Å². The summed E-state index contributed by atoms with van der Waals surface area (Å²) in [6.07, 6.45) is -0.0149. The van der Waals surface area contributed by atoms with Crippen LogP contribution in [0.2, 0.25) is 0 Å². The van der Waals surface area contributed by atoms with E-state index in [0.717, 1.165) is 11.3 Å². The summed E-state index contributed by atoms with van der Waals surface area (Å²) in [6.45, 7) is 1.79. The number of benzene rings is 2. The van der Waals surface area contributed by atoms with Gasteiger partial charge in [-0.25, -0.2) is 4.68 Å². The molecule has 0 atom stereocenters. The molecule has 0 aliphatic rings. The van der Waals surface area contributed by atoms with Crippen LogP contribution in [0.25, 0.3) is 16.9 Å². The summed E-state index contributed by atoms with van der Waals surface area (Å²) in [6, 6.07) is 20.6. The number of carbonyl (C=O) groups excluding carboxylic acids is 1. The molecule has 1 amide bonds. The first-order valence-corrected chi connectivity index (χ1v) is 9.19. The first kappa shape index (κ1) is 18.5. The molecular formula is C22H20N4O3. The summed E-state index contributed by atoms with van der Waals surface area (Å²) < 4.78 is 8.53. The van der Waals surface area contributed by atoms with Gasteiger partial charge in [0.2, 0.25) is 5.91 Å². The standard InChI is InChI=1S/C22H20N4O3/c1-15-21(22(28)26(25(15)2)17-11-7-4-8-12-17)23-20(27)14-18-13-19(24-29-18)16-9-5-3-6-10-16/h3-13H,14H2,1-2H3,(H,23,27). The van der Waals surface area contributed by atoms with Gasteiger partial charge >= 0.3 is 0 Å². The first-order chi connectivity index (χ1) is 14.0. The SMILES string of the molecule is Cc1c(NC(=O)Cc2cc(-c3ccccc3)no2)c(=O)n(-c2ccccc2)n1C. The van der Waals surface area contributed by atoms with Crippen molar-refractivity contribution in [3.05, 3.63) is 88.5 Å². The molecule has 0 unspecified atom stereocenters. The number of para-hydroxylation sites is 1. The number of anilines is 1. The highest BCUT2D eigenvalue weighted by atomic mass is 16.5. The van der Waals surface area contributed by atoms with Crippen molar-refractivity contribution >= 4 is 11.6 Å². The molecule has 7 nitrogen and oxygen atoms in total. The minimum atomic E-state index is -0.341. The fraction of sp³-hybridized carbons (Fsp3) is 0.136. The Balaban J connectivity index is 1.54. The maximum Gasteiger partial charge on any atom is 0.295 e. The van der Waals surface area contributed by atoms with Crippen LogP contribution in [0, 0.1) is 6.92 Å². The molecule has 4 rings (SSSR count). The number of hydrogen-bond acceptors (Lipinski definition) is 4. The van der Waals surface area contributed by atoms with E-state index in [2.05, 4.69) is 10.5 Å². The Kier molecular flexibility index (Phi) is 4.87. The molecule has 146 valence electrons. The summed E-state index contributed by atoms with van der Waals surface area (Å²) in [5, 5.41) is 6.74. The van der Waals surface area contributed by atoms with Crippen molar-refractivity contribution in [2.75, 3.05) is 5.32 Å². The lowest BCUT2D eigenvalue weighted by Gasteiger charge is -2.07. The van der Waals surface area contributed by atoms with E-state index in [4.69, 9.17) is 4.52 Å². The van der Waals surface area contributed by atoms with Gasteiger partial charge in [0.25, 0.3) is 5.56 Å². The maximum atomic E-state index is 12.9. The number of nitrogens with one attached hydrogen (secondary N) is 1. The van der Waals surface area contributed by atoms with E-state index >= 15 is 0 Å². The number of carbonyl (C=O) groups is 1. The van der Waals surface area contributed by atoms with Crippen LogP contribution in [0.1, 0.15) is 11.5 Å². The molecule has 0 saturated carbocycles. The quantitative estimate of drug-likeness (QED) is 0.569. The average molecular weight is 388 g/mol. The molecule has 0 spiro atoms. The Hall–Kier alpha value is -3.87. The molecule has 4 aromatic rings. The van der Waals surface area contributed by atoms with Gasteiger partial charge in [-0.2, -0.15) is 0 Å². The average Bonchev–Trinajstić information content (AvgIpc) is 3.28. The topological polar surface area (TPSA) is 82.1 Å². The highest BCUT2D eigenvalue weighted by molar-refractivity contribution is 5.92. The molecule has 0 saturated heterocycles. The summed E-state index contributed by atoms with van der Waals surface area (Å²) >= 11 is 0. The Morgan fingerprint density at radius 3 is 2.41 bits per heavy atom. The van der Waals surface area contributed by atoms with Crippen molar-refractivity contribution < 1.29 is 9.32 Å². The molecule has 0 fully saturated rings. The maximum absolute atomic E-state index is 12.9. The van der Waals surface area contributed by atoms with Crippen molar-refractivity contribution in [2.24, 2.45) is 7.05 Å². The fourth-order valence-corrected chi connectivity index (χ4v) is 3.20. The third-order valence-corrected chi connectivity index (χ3v) is 4.78. The van der Waals surface area contributed by atoms with E-state index in [0.29, 0.717) is 17.1 Å². The highest BCUT2D eigenvalue weighted by Crippen LogP contribution is 2.19. The second-order valence-electron chi connectivity index (χ2n) is 6.71. The second kappa shape index (κ2) is 7.63. The van der Waals surface area contributed by atoms with Gasteiger partial charge in [-0.1, -0.05) is 53.7 Å². The predicted octanol–water partition coefficient (Wildman–Crippen LogP) is 3.32. The van der Waals surface area contributed by atoms with Gasteiger partial charge < -0.3 is 9.84 Å². The summed E-state index contributed by atoms with van der Waals surface area (Å²) in [5.41, 5.74) is 2.93. The smallest absolute Gasteiger partial charge is 0.295 e. The molecule has 0 aliphatic carbocycles. The molecule has 29 heavy (non-hydrogen) atoms. The van der Waals surface area contributed by atoms with E-state index in [-0.39, 0.29) is 23.6 Å². The number of aromatic nitrogens is 3. The van der Waals surface area contributed by atoms with Crippen molar-refractivity contribution in [3.8, 4) is 16.9 Å². The number of rotatable bonds is 5. The lowest BCUT2D eigenvalue weighted by atomic mass is 10.1. The molecule has 2 aromatic carbocycles. The number of hydrogen-bond donors (Lipinski definition) is 1. The van der Waals surface area contributed by atoms with Crippen molar-refractivity contribution in [3.63, 3.8) is 0 Å². The minimum Gasteiger partial charge on any atom is -0.360 e. The van der Waals surface area contributed by atoms with Gasteiger partial charge in [-0.05, 0) is 19.1 Å². The molecular weight excluding hydrogens is 368 g/mol. The monoisotopic (exact) mass is 388 g/mol. The summed E-state index contributed by atoms with van der Waals surface area (Å²) in [4.78, 5) is 25.4. The van der Waals surface area contributed by atoms with Gasteiger partial charge in [0.1, 0.15) is 17.1 Å². The van der Waals surface area contributed by atoms with Crippen LogP contribution in [-0.2, 0) is 18.3 Å². The highest BCUT2D eigenvalue weighted by Gasteiger charge is 2.19. The van der Waals surface area contributed by atoms with Crippen molar-refractivity contribution in [2.45, 2.75) is 13.3 Å². The summed E-state index contributed by atoms with van der Waals surface area (Å²) in [5.74, 6) is 0.0881. The molecule has 2 aromatic heterocycles. The fourth-order valence-electron chi connectivity index (χ4n) is 3.20. The van der Waals surface area contributed by atoms with Gasteiger partial charge in [-0.3, -0.25) is 14.3 Å². The zero-order valence-corrected chi connectivity index (χ0v) is 16.1. The van der Waals surface area contributed by atoms with E-state index in [1.54, 1.807) is 24.7 Å². The molecule has 0 aliphatic heterocycles. The van der Waals surface area contributed by atoms with E-state index in [1.807, 2.05) is 60.7 Å². The van der Waals surface area contributed by atoms with Gasteiger partial charge in [0.05, 0.1) is 17.8 Å². The normalized spacial score (nSPS) is 10.8. The van der Waals surface area contributed by atoms with Crippen LogP contribution < -0.4 is 10.9 Å². The van der Waals surface area contributed by atoms with Crippen LogP contribution in [0.4, 0.5) is 5.69 Å². The Morgan fingerprint density at radius 1 is 1.07 bits per heavy atom. The van der Waals surface area contributed by atoms with Crippen molar-refractivity contribution in [1.82, 2.24) is 14.5 Å². The third kappa shape index (κ3) is 3.62. The van der Waals surface area contributed by atoms with Crippen LogP contribution in [0.15, 0.2) is 76.0 Å². The second-order valence-corrected chi connectivity index (χ2v) is 6.71. The summed E-state index contributed by atoms with van der Waals surface area (Å²) in [7, 11) is 1.78. The van der Waals surface area contributed by atoms with Crippen LogP contribution >= 0.6 is 0 Å². The van der Waals surface area contributed by atoms with Crippen molar-refractivity contribution in [1.29, 1.82) is 0 Å². The third-order valence-electron chi connectivity index (χ3n) is 4.78. The van der Waals surface area contributed by atoms with Crippen LogP contribution in [-0.4, -0.2) is 20.4 Å². The van der Waals surface area contributed by atoms with Gasteiger partial charge in [0.15, 0.2) is 0 Å². The van der Waals surface area contributed by atoms with Crippen LogP contribution in [0.5, 0.6) is 0 Å². The van der Waals surface area contributed by atoms with Gasteiger partial charge in [-0.15, -0.1) is 0 Å². The molecule has 0 bridgehead atoms. The Morgan fingerprint density at radius 2 is 1.72 bits per heavy atom. The van der Waals surface area contributed by atoms with E-state index < -0.39 is 0 Å². The molecule has 7 heteroatoms. The number of amides is 1. The number of nitrogens with zero attached hydrogens (tertiary/aromatic N) is 3. The lowest BCUT2D eigenvalue weighted by Crippen LogP contribution is -2.23. The Bertz CT molecular complexity index is 1200. The zero-order chi connectivity index (χ0) is 20.4. The van der Waals surface area contributed by atoms with Crippen LogP contribution in [0.3, 0.4) is 0 Å². The predicted molar refractivity (Wildman–Crippen MR) is 110 cm³/mol. The first-order valence-electron chi connectivity index (χ1n) is 9.19. The van der Waals surface area contributed by atoms with Gasteiger partial charge in [0, 0.05) is 18.7 Å². The molecule has 1 N–H and O–H groups in total.